The molecule has 8 heteroatoms. The van der Waals surface area contributed by atoms with Gasteiger partial charge in [-0.05, 0) is 37.3 Å². The number of furan rings is 1. The van der Waals surface area contributed by atoms with E-state index in [-0.39, 0.29) is 5.71 Å². The molecule has 1 unspecified atom stereocenters. The SMILES string of the molecule is COc1ccc(NC(=O)C(C(C)=N)C(=O)Nc2cccc(-c3ccco3)c2)cn1. The van der Waals surface area contributed by atoms with Gasteiger partial charge < -0.3 is 25.2 Å². The topological polar surface area (TPSA) is 117 Å². The second kappa shape index (κ2) is 8.83. The molecule has 3 N–H and O–H groups in total. The number of pyridine rings is 1. The van der Waals surface area contributed by atoms with E-state index in [4.69, 9.17) is 14.6 Å². The average Bonchev–Trinajstić information content (AvgIpc) is 3.23. The molecule has 0 fully saturated rings. The number of hydrogen-bond donors (Lipinski definition) is 3. The van der Waals surface area contributed by atoms with Crippen molar-refractivity contribution in [2.24, 2.45) is 5.92 Å². The van der Waals surface area contributed by atoms with Crippen LogP contribution in [0.2, 0.25) is 0 Å². The van der Waals surface area contributed by atoms with Crippen LogP contribution in [0.1, 0.15) is 6.92 Å². The fourth-order valence-electron chi connectivity index (χ4n) is 2.71. The van der Waals surface area contributed by atoms with Gasteiger partial charge in [0.25, 0.3) is 0 Å². The molecule has 1 atom stereocenters. The van der Waals surface area contributed by atoms with E-state index in [0.29, 0.717) is 23.0 Å². The molecule has 148 valence electrons. The van der Waals surface area contributed by atoms with Gasteiger partial charge in [-0.2, -0.15) is 0 Å². The van der Waals surface area contributed by atoms with E-state index in [1.807, 2.05) is 12.1 Å². The normalized spacial score (nSPS) is 11.4. The number of benzene rings is 1. The van der Waals surface area contributed by atoms with Crippen LogP contribution in [0.15, 0.2) is 65.4 Å². The molecule has 1 aromatic carbocycles. The molecule has 0 spiro atoms. The Labute approximate surface area is 167 Å². The van der Waals surface area contributed by atoms with E-state index in [2.05, 4.69) is 15.6 Å². The summed E-state index contributed by atoms with van der Waals surface area (Å²) < 4.78 is 10.3. The molecule has 3 aromatic rings. The molecule has 0 aliphatic rings. The molecule has 0 saturated heterocycles. The van der Waals surface area contributed by atoms with E-state index in [1.165, 1.54) is 20.2 Å². The summed E-state index contributed by atoms with van der Waals surface area (Å²) in [7, 11) is 1.49. The quantitative estimate of drug-likeness (QED) is 0.420. The minimum absolute atomic E-state index is 0.0799. The smallest absolute Gasteiger partial charge is 0.242 e. The number of hydrogen-bond acceptors (Lipinski definition) is 6. The van der Waals surface area contributed by atoms with Gasteiger partial charge >= 0.3 is 0 Å². The minimum atomic E-state index is -1.29. The molecule has 0 aliphatic heterocycles. The van der Waals surface area contributed by atoms with Gasteiger partial charge in [0.2, 0.25) is 17.7 Å². The second-order valence-electron chi connectivity index (χ2n) is 6.24. The lowest BCUT2D eigenvalue weighted by Gasteiger charge is -2.16. The van der Waals surface area contributed by atoms with E-state index in [9.17, 15) is 9.59 Å². The number of methoxy groups -OCH3 is 1. The van der Waals surface area contributed by atoms with Crippen molar-refractivity contribution in [2.45, 2.75) is 6.92 Å². The Morgan fingerprint density at radius 3 is 2.41 bits per heavy atom. The van der Waals surface area contributed by atoms with Crippen molar-refractivity contribution in [3.63, 3.8) is 0 Å². The summed E-state index contributed by atoms with van der Waals surface area (Å²) in [6.07, 6.45) is 2.98. The molecule has 2 heterocycles. The molecule has 8 nitrogen and oxygen atoms in total. The Bertz CT molecular complexity index is 1010. The molecule has 29 heavy (non-hydrogen) atoms. The van der Waals surface area contributed by atoms with E-state index in [1.54, 1.807) is 42.7 Å². The number of carbonyl (C=O) groups is 2. The number of nitrogens with one attached hydrogen (secondary N) is 3. The van der Waals surface area contributed by atoms with Crippen LogP contribution in [0, 0.1) is 11.3 Å². The van der Waals surface area contributed by atoms with Crippen molar-refractivity contribution in [1.82, 2.24) is 4.98 Å². The van der Waals surface area contributed by atoms with Crippen molar-refractivity contribution in [2.75, 3.05) is 17.7 Å². The van der Waals surface area contributed by atoms with Crippen molar-refractivity contribution in [3.05, 3.63) is 61.0 Å². The molecule has 0 radical (unpaired) electrons. The minimum Gasteiger partial charge on any atom is -0.481 e. The second-order valence-corrected chi connectivity index (χ2v) is 6.24. The molecule has 0 aliphatic carbocycles. The van der Waals surface area contributed by atoms with Crippen LogP contribution in [0.3, 0.4) is 0 Å². The summed E-state index contributed by atoms with van der Waals surface area (Å²) in [5.74, 6) is -1.45. The fraction of sp³-hybridized carbons (Fsp3) is 0.143. The monoisotopic (exact) mass is 392 g/mol. The molecular weight excluding hydrogens is 372 g/mol. The highest BCUT2D eigenvalue weighted by atomic mass is 16.5. The third-order valence-electron chi connectivity index (χ3n) is 4.11. The standard InChI is InChI=1S/C21H20N4O4/c1-13(22)19(21(27)25-16-8-9-18(28-2)23-12-16)20(26)24-15-6-3-5-14(11-15)17-7-4-10-29-17/h3-12,19,22H,1-2H3,(H,24,26)(H,25,27). The first kappa shape index (κ1) is 19.8. The summed E-state index contributed by atoms with van der Waals surface area (Å²) in [5, 5.41) is 13.2. The summed E-state index contributed by atoms with van der Waals surface area (Å²) in [5.41, 5.74) is 1.59. The molecule has 2 aromatic heterocycles. The highest BCUT2D eigenvalue weighted by molar-refractivity contribution is 6.24. The van der Waals surface area contributed by atoms with Crippen LogP contribution in [-0.4, -0.2) is 29.6 Å². The number of ether oxygens (including phenoxy) is 1. The Balaban J connectivity index is 1.73. The van der Waals surface area contributed by atoms with Gasteiger partial charge in [0.05, 0.1) is 25.3 Å². The fourth-order valence-corrected chi connectivity index (χ4v) is 2.71. The largest absolute Gasteiger partial charge is 0.481 e. The molecule has 2 amide bonds. The first-order chi connectivity index (χ1) is 14.0. The van der Waals surface area contributed by atoms with Gasteiger partial charge in [0.15, 0.2) is 5.92 Å². The highest BCUT2D eigenvalue weighted by Crippen LogP contribution is 2.23. The van der Waals surface area contributed by atoms with Crippen LogP contribution in [0.4, 0.5) is 11.4 Å². The zero-order valence-corrected chi connectivity index (χ0v) is 15.9. The van der Waals surface area contributed by atoms with E-state index in [0.717, 1.165) is 5.56 Å². The van der Waals surface area contributed by atoms with Crippen LogP contribution in [-0.2, 0) is 9.59 Å². The van der Waals surface area contributed by atoms with Crippen molar-refractivity contribution in [3.8, 4) is 17.2 Å². The van der Waals surface area contributed by atoms with Crippen molar-refractivity contribution >= 4 is 28.9 Å². The number of amides is 2. The van der Waals surface area contributed by atoms with Crippen LogP contribution < -0.4 is 15.4 Å². The lowest BCUT2D eigenvalue weighted by Crippen LogP contribution is -2.38. The van der Waals surface area contributed by atoms with Crippen LogP contribution >= 0.6 is 0 Å². The Kier molecular flexibility index (Phi) is 6.03. The summed E-state index contributed by atoms with van der Waals surface area (Å²) in [6.45, 7) is 1.41. The van der Waals surface area contributed by atoms with Crippen LogP contribution in [0.5, 0.6) is 5.88 Å². The van der Waals surface area contributed by atoms with Gasteiger partial charge in [0.1, 0.15) is 5.76 Å². The first-order valence-electron chi connectivity index (χ1n) is 8.78. The average molecular weight is 392 g/mol. The summed E-state index contributed by atoms with van der Waals surface area (Å²) >= 11 is 0. The molecule has 3 rings (SSSR count). The van der Waals surface area contributed by atoms with Gasteiger partial charge in [-0.1, -0.05) is 12.1 Å². The molecular formula is C21H20N4O4. The Hall–Kier alpha value is -3.94. The van der Waals surface area contributed by atoms with Gasteiger partial charge in [-0.3, -0.25) is 9.59 Å². The maximum absolute atomic E-state index is 12.7. The Morgan fingerprint density at radius 2 is 1.83 bits per heavy atom. The van der Waals surface area contributed by atoms with Gasteiger partial charge in [-0.15, -0.1) is 0 Å². The number of carbonyl (C=O) groups excluding carboxylic acids is 2. The number of rotatable bonds is 7. The lowest BCUT2D eigenvalue weighted by atomic mass is 10.0. The van der Waals surface area contributed by atoms with Gasteiger partial charge in [0, 0.05) is 23.0 Å². The maximum Gasteiger partial charge on any atom is 0.242 e. The van der Waals surface area contributed by atoms with Crippen molar-refractivity contribution < 1.29 is 18.7 Å². The van der Waals surface area contributed by atoms with Crippen LogP contribution in [0.25, 0.3) is 11.3 Å². The number of aromatic nitrogens is 1. The van der Waals surface area contributed by atoms with E-state index < -0.39 is 17.7 Å². The zero-order valence-electron chi connectivity index (χ0n) is 15.9. The third kappa shape index (κ3) is 4.86. The van der Waals surface area contributed by atoms with E-state index >= 15 is 0 Å². The lowest BCUT2D eigenvalue weighted by molar-refractivity contribution is -0.126. The summed E-state index contributed by atoms with van der Waals surface area (Å²) in [6, 6.07) is 13.8. The first-order valence-corrected chi connectivity index (χ1v) is 8.78. The van der Waals surface area contributed by atoms with Gasteiger partial charge in [-0.25, -0.2) is 4.98 Å². The Morgan fingerprint density at radius 1 is 1.07 bits per heavy atom. The number of anilines is 2. The number of nitrogens with zero attached hydrogens (tertiary/aromatic N) is 1. The predicted octanol–water partition coefficient (Wildman–Crippen LogP) is 3.58. The third-order valence-corrected chi connectivity index (χ3v) is 4.11. The zero-order chi connectivity index (χ0) is 20.8. The molecule has 0 saturated carbocycles. The summed E-state index contributed by atoms with van der Waals surface area (Å²) in [4.78, 5) is 29.3. The maximum atomic E-state index is 12.7. The predicted molar refractivity (Wildman–Crippen MR) is 109 cm³/mol. The van der Waals surface area contributed by atoms with Crippen molar-refractivity contribution in [1.29, 1.82) is 5.41 Å². The highest BCUT2D eigenvalue weighted by Gasteiger charge is 2.29. The molecule has 0 bridgehead atoms.